The molecule has 3 N–H and O–H groups in total. The Morgan fingerprint density at radius 1 is 0.857 bits per heavy atom. The van der Waals surface area contributed by atoms with Crippen molar-refractivity contribution in [3.63, 3.8) is 0 Å². The fourth-order valence-corrected chi connectivity index (χ4v) is 4.27. The van der Waals surface area contributed by atoms with Crippen LogP contribution in [0.2, 0.25) is 0 Å². The highest BCUT2D eigenvalue weighted by Crippen LogP contribution is 2.44. The van der Waals surface area contributed by atoms with E-state index in [1.807, 2.05) is 0 Å². The summed E-state index contributed by atoms with van der Waals surface area (Å²) in [4.78, 5) is 37.3. The molecule has 3 saturated heterocycles. The number of benzene rings is 1. The van der Waals surface area contributed by atoms with Crippen LogP contribution < -0.4 is 20.7 Å². The van der Waals surface area contributed by atoms with Gasteiger partial charge in [-0.3, -0.25) is 14.4 Å². The number of ether oxygens (including phenoxy) is 6. The Labute approximate surface area is 202 Å². The van der Waals surface area contributed by atoms with E-state index in [0.717, 1.165) is 0 Å². The van der Waals surface area contributed by atoms with Crippen molar-refractivity contribution < 1.29 is 42.8 Å². The second-order valence-corrected chi connectivity index (χ2v) is 9.33. The summed E-state index contributed by atoms with van der Waals surface area (Å²) in [5.74, 6) is -2.93. The number of hydrogen-bond acceptors (Lipinski definition) is 9. The van der Waals surface area contributed by atoms with Crippen LogP contribution in [0.1, 0.15) is 27.7 Å². The van der Waals surface area contributed by atoms with Crippen LogP contribution in [0.25, 0.3) is 0 Å². The fraction of sp³-hybridized carbons (Fsp3) is 0.609. The van der Waals surface area contributed by atoms with Crippen LogP contribution in [0.15, 0.2) is 24.3 Å². The van der Waals surface area contributed by atoms with E-state index < -0.39 is 60.0 Å². The van der Waals surface area contributed by atoms with Gasteiger partial charge in [0.25, 0.3) is 5.91 Å². The van der Waals surface area contributed by atoms with Crippen molar-refractivity contribution in [1.29, 1.82) is 0 Å². The molecule has 3 aliphatic rings. The molecule has 12 nitrogen and oxygen atoms in total. The lowest BCUT2D eigenvalue weighted by molar-refractivity contribution is -0.231. The van der Waals surface area contributed by atoms with Crippen molar-refractivity contribution in [3.8, 4) is 5.75 Å². The predicted octanol–water partition coefficient (Wildman–Crippen LogP) is 0.263. The lowest BCUT2D eigenvalue weighted by Gasteiger charge is -2.36. The molecule has 4 rings (SSSR count). The van der Waals surface area contributed by atoms with Crippen LogP contribution >= 0.6 is 0 Å². The zero-order valence-corrected chi connectivity index (χ0v) is 20.3. The van der Waals surface area contributed by atoms with E-state index in [-0.39, 0.29) is 13.1 Å². The standard InChI is InChI=1S/C23H31N3O9/c1-22(2)32-16-17(33-22)19-21(35-23(3,4)34-19)31-18(16)20(29)25-10-14(27)24-11-15(28)26-12-8-6-7-9-13(12)30-5/h6-9,16-19,21H,10-11H2,1-5H3,(H,24,27)(H,25,29)(H,26,28)/t16-,17-,18+,19+,21-/m0/s1. The maximum atomic E-state index is 12.9. The summed E-state index contributed by atoms with van der Waals surface area (Å²) >= 11 is 0. The first-order valence-corrected chi connectivity index (χ1v) is 11.3. The summed E-state index contributed by atoms with van der Waals surface area (Å²) in [5.41, 5.74) is 0.479. The van der Waals surface area contributed by atoms with Crippen molar-refractivity contribution in [1.82, 2.24) is 10.6 Å². The number of fused-ring (bicyclic) bond motifs is 3. The maximum absolute atomic E-state index is 12.9. The van der Waals surface area contributed by atoms with Gasteiger partial charge in [-0.15, -0.1) is 0 Å². The van der Waals surface area contributed by atoms with Gasteiger partial charge in [0, 0.05) is 0 Å². The quantitative estimate of drug-likeness (QED) is 0.487. The van der Waals surface area contributed by atoms with E-state index in [1.54, 1.807) is 52.0 Å². The zero-order valence-electron chi connectivity index (χ0n) is 20.3. The molecule has 35 heavy (non-hydrogen) atoms. The topological polar surface area (TPSA) is 143 Å². The molecule has 3 aliphatic heterocycles. The average Bonchev–Trinajstić information content (AvgIpc) is 3.29. The minimum atomic E-state index is -1.08. The number of methoxy groups -OCH3 is 1. The molecule has 0 radical (unpaired) electrons. The lowest BCUT2D eigenvalue weighted by Crippen LogP contribution is -2.60. The minimum absolute atomic E-state index is 0.285. The third-order valence-electron chi connectivity index (χ3n) is 5.66. The molecule has 192 valence electrons. The van der Waals surface area contributed by atoms with E-state index in [2.05, 4.69) is 16.0 Å². The first-order chi connectivity index (χ1) is 16.5. The highest BCUT2D eigenvalue weighted by atomic mass is 16.9. The van der Waals surface area contributed by atoms with Gasteiger partial charge in [-0.05, 0) is 39.8 Å². The summed E-state index contributed by atoms with van der Waals surface area (Å²) in [6.45, 7) is 6.31. The molecule has 5 atom stereocenters. The van der Waals surface area contributed by atoms with Crippen LogP contribution in [0.4, 0.5) is 5.69 Å². The third-order valence-corrected chi connectivity index (χ3v) is 5.66. The lowest BCUT2D eigenvalue weighted by atomic mass is 9.98. The fourth-order valence-electron chi connectivity index (χ4n) is 4.27. The molecule has 1 aromatic carbocycles. The molecular weight excluding hydrogens is 462 g/mol. The summed E-state index contributed by atoms with van der Waals surface area (Å²) in [6.07, 6.45) is -3.81. The van der Waals surface area contributed by atoms with Crippen LogP contribution in [-0.2, 0) is 38.1 Å². The Balaban J connectivity index is 1.29. The summed E-state index contributed by atoms with van der Waals surface area (Å²) in [7, 11) is 1.49. The smallest absolute Gasteiger partial charge is 0.252 e. The second-order valence-electron chi connectivity index (χ2n) is 9.33. The molecule has 3 amide bonds. The van der Waals surface area contributed by atoms with Gasteiger partial charge in [0.15, 0.2) is 24.0 Å². The van der Waals surface area contributed by atoms with Crippen molar-refractivity contribution in [3.05, 3.63) is 24.3 Å². The molecule has 0 spiro atoms. The monoisotopic (exact) mass is 493 g/mol. The van der Waals surface area contributed by atoms with Crippen LogP contribution in [0.5, 0.6) is 5.75 Å². The average molecular weight is 494 g/mol. The Morgan fingerprint density at radius 3 is 2.23 bits per heavy atom. The largest absolute Gasteiger partial charge is 0.495 e. The molecule has 12 heteroatoms. The minimum Gasteiger partial charge on any atom is -0.495 e. The van der Waals surface area contributed by atoms with Crippen LogP contribution in [0.3, 0.4) is 0 Å². The van der Waals surface area contributed by atoms with Crippen LogP contribution in [-0.4, -0.2) is 80.2 Å². The number of carbonyl (C=O) groups excluding carboxylic acids is 3. The zero-order chi connectivity index (χ0) is 25.4. The number of anilines is 1. The predicted molar refractivity (Wildman–Crippen MR) is 120 cm³/mol. The van der Waals surface area contributed by atoms with Crippen molar-refractivity contribution in [2.24, 2.45) is 0 Å². The number of nitrogens with one attached hydrogen (secondary N) is 3. The third kappa shape index (κ3) is 5.73. The highest BCUT2D eigenvalue weighted by Gasteiger charge is 2.62. The highest BCUT2D eigenvalue weighted by molar-refractivity contribution is 5.96. The first kappa shape index (κ1) is 25.3. The normalized spacial score (nSPS) is 30.0. The van der Waals surface area contributed by atoms with Crippen molar-refractivity contribution in [2.45, 2.75) is 70.0 Å². The molecule has 1 aromatic rings. The maximum Gasteiger partial charge on any atom is 0.252 e. The molecule has 3 heterocycles. The SMILES string of the molecule is COc1ccccc1NC(=O)CNC(=O)CNC(=O)[C@@H]1O[C@H]2OC(C)(C)O[C@@H]2[C@H]2OC(C)(C)O[C@@H]21. The van der Waals surface area contributed by atoms with E-state index in [1.165, 1.54) is 7.11 Å². The van der Waals surface area contributed by atoms with Gasteiger partial charge in [0.05, 0.1) is 25.9 Å². The number of amides is 3. The molecular formula is C23H31N3O9. The Kier molecular flexibility index (Phi) is 7.02. The second kappa shape index (κ2) is 9.70. The van der Waals surface area contributed by atoms with Gasteiger partial charge in [0.2, 0.25) is 11.8 Å². The first-order valence-electron chi connectivity index (χ1n) is 11.3. The summed E-state index contributed by atoms with van der Waals surface area (Å²) in [5, 5.41) is 7.63. The Bertz CT molecular complexity index is 983. The summed E-state index contributed by atoms with van der Waals surface area (Å²) in [6, 6.07) is 6.90. The molecule has 0 aliphatic carbocycles. The van der Waals surface area contributed by atoms with E-state index in [4.69, 9.17) is 28.4 Å². The van der Waals surface area contributed by atoms with Crippen LogP contribution in [0, 0.1) is 0 Å². The molecule has 0 unspecified atom stereocenters. The van der Waals surface area contributed by atoms with Gasteiger partial charge in [-0.1, -0.05) is 12.1 Å². The Morgan fingerprint density at radius 2 is 1.49 bits per heavy atom. The molecule has 0 aromatic heterocycles. The number of hydrogen-bond donors (Lipinski definition) is 3. The van der Waals surface area contributed by atoms with E-state index in [0.29, 0.717) is 11.4 Å². The van der Waals surface area contributed by atoms with E-state index >= 15 is 0 Å². The molecule has 0 bridgehead atoms. The molecule has 0 saturated carbocycles. The summed E-state index contributed by atoms with van der Waals surface area (Å²) < 4.78 is 34.6. The number of para-hydroxylation sites is 2. The van der Waals surface area contributed by atoms with Gasteiger partial charge in [-0.25, -0.2) is 0 Å². The van der Waals surface area contributed by atoms with E-state index in [9.17, 15) is 14.4 Å². The van der Waals surface area contributed by atoms with Gasteiger partial charge >= 0.3 is 0 Å². The van der Waals surface area contributed by atoms with Gasteiger partial charge < -0.3 is 44.4 Å². The van der Waals surface area contributed by atoms with Gasteiger partial charge in [-0.2, -0.15) is 0 Å². The number of carbonyl (C=O) groups is 3. The van der Waals surface area contributed by atoms with Crippen molar-refractivity contribution in [2.75, 3.05) is 25.5 Å². The number of rotatable bonds is 7. The Hall–Kier alpha value is -2.77. The van der Waals surface area contributed by atoms with Gasteiger partial charge in [0.1, 0.15) is 24.1 Å². The van der Waals surface area contributed by atoms with Crippen molar-refractivity contribution >= 4 is 23.4 Å². The molecule has 3 fully saturated rings.